The molecule has 1 amide bonds. The number of nitrogens with one attached hydrogen (secondary N) is 1. The third-order valence-corrected chi connectivity index (χ3v) is 3.99. The van der Waals surface area contributed by atoms with Gasteiger partial charge in [0.1, 0.15) is 11.9 Å². The number of para-hydroxylation sites is 1. The molecule has 1 N–H and O–H groups in total. The van der Waals surface area contributed by atoms with E-state index in [1.165, 1.54) is 0 Å². The minimum Gasteiger partial charge on any atom is -0.496 e. The summed E-state index contributed by atoms with van der Waals surface area (Å²) in [5, 5.41) is 3.31. The van der Waals surface area contributed by atoms with Crippen molar-refractivity contribution in [3.8, 4) is 5.75 Å². The molecular weight excluding hydrogens is 252 g/mol. The van der Waals surface area contributed by atoms with Crippen molar-refractivity contribution in [3.63, 3.8) is 0 Å². The number of hydrogen-bond donors (Lipinski definition) is 1. The van der Waals surface area contributed by atoms with E-state index in [4.69, 9.17) is 4.74 Å². The van der Waals surface area contributed by atoms with E-state index in [1.54, 1.807) is 7.11 Å². The van der Waals surface area contributed by atoms with Crippen LogP contribution in [0.1, 0.15) is 38.9 Å². The third-order valence-electron chi connectivity index (χ3n) is 3.99. The fraction of sp³-hybridized carbons (Fsp3) is 0.562. The second kappa shape index (κ2) is 6.27. The van der Waals surface area contributed by atoms with Gasteiger partial charge in [0.25, 0.3) is 0 Å². The van der Waals surface area contributed by atoms with Crippen LogP contribution in [0.15, 0.2) is 24.3 Å². The maximum Gasteiger partial charge on any atom is 0.238 e. The van der Waals surface area contributed by atoms with Crippen molar-refractivity contribution in [1.82, 2.24) is 10.2 Å². The summed E-state index contributed by atoms with van der Waals surface area (Å²) in [6, 6.07) is 8.14. The van der Waals surface area contributed by atoms with Gasteiger partial charge in [-0.1, -0.05) is 39.0 Å². The molecule has 0 aliphatic carbocycles. The highest BCUT2D eigenvalue weighted by atomic mass is 16.5. The first-order chi connectivity index (χ1) is 9.60. The molecule has 1 fully saturated rings. The normalized spacial score (nSPS) is 20.6. The average Bonchev–Trinajstić information content (AvgIpc) is 2.81. The lowest BCUT2D eigenvalue weighted by molar-refractivity contribution is -0.131. The van der Waals surface area contributed by atoms with Crippen LogP contribution in [0.4, 0.5) is 0 Å². The Morgan fingerprint density at radius 2 is 2.10 bits per heavy atom. The second-order valence-electron chi connectivity index (χ2n) is 5.55. The molecule has 1 aliphatic heterocycles. The van der Waals surface area contributed by atoms with Crippen LogP contribution in [-0.4, -0.2) is 30.5 Å². The lowest BCUT2D eigenvalue weighted by atomic mass is 9.98. The van der Waals surface area contributed by atoms with E-state index in [9.17, 15) is 4.79 Å². The van der Waals surface area contributed by atoms with Gasteiger partial charge in [-0.25, -0.2) is 0 Å². The Labute approximate surface area is 121 Å². The average molecular weight is 276 g/mol. The molecule has 110 valence electrons. The highest BCUT2D eigenvalue weighted by molar-refractivity contribution is 5.81. The van der Waals surface area contributed by atoms with Crippen molar-refractivity contribution in [2.75, 3.05) is 13.7 Å². The lowest BCUT2D eigenvalue weighted by Gasteiger charge is -2.35. The Bertz CT molecular complexity index is 473. The van der Waals surface area contributed by atoms with E-state index in [-0.39, 0.29) is 18.1 Å². The highest BCUT2D eigenvalue weighted by Crippen LogP contribution is 2.33. The van der Waals surface area contributed by atoms with Crippen LogP contribution in [0.2, 0.25) is 0 Å². The highest BCUT2D eigenvalue weighted by Gasteiger charge is 2.38. The van der Waals surface area contributed by atoms with Crippen molar-refractivity contribution < 1.29 is 9.53 Å². The van der Waals surface area contributed by atoms with Gasteiger partial charge < -0.3 is 9.64 Å². The van der Waals surface area contributed by atoms with E-state index in [0.29, 0.717) is 12.5 Å². The fourth-order valence-electron chi connectivity index (χ4n) is 3.04. The van der Waals surface area contributed by atoms with Gasteiger partial charge in [-0.15, -0.1) is 0 Å². The van der Waals surface area contributed by atoms with Gasteiger partial charge >= 0.3 is 0 Å². The fourth-order valence-corrected chi connectivity index (χ4v) is 3.04. The Morgan fingerprint density at radius 3 is 2.70 bits per heavy atom. The molecule has 20 heavy (non-hydrogen) atoms. The first-order valence-corrected chi connectivity index (χ1v) is 7.27. The van der Waals surface area contributed by atoms with Crippen LogP contribution in [0.5, 0.6) is 5.75 Å². The summed E-state index contributed by atoms with van der Waals surface area (Å²) < 4.78 is 5.44. The Morgan fingerprint density at radius 1 is 1.40 bits per heavy atom. The summed E-state index contributed by atoms with van der Waals surface area (Å²) >= 11 is 0. The first-order valence-electron chi connectivity index (χ1n) is 7.27. The SMILES string of the molecule is CCC(C(C)C)N1C(=O)CNC1c1ccccc1OC. The molecule has 0 spiro atoms. The van der Waals surface area contributed by atoms with Crippen LogP contribution in [0.25, 0.3) is 0 Å². The zero-order valence-corrected chi connectivity index (χ0v) is 12.7. The summed E-state index contributed by atoms with van der Waals surface area (Å²) in [4.78, 5) is 14.3. The summed E-state index contributed by atoms with van der Waals surface area (Å²) in [5.41, 5.74) is 1.03. The lowest BCUT2D eigenvalue weighted by Crippen LogP contribution is -2.42. The molecule has 1 aromatic rings. The van der Waals surface area contributed by atoms with Gasteiger partial charge in [-0.05, 0) is 18.4 Å². The predicted octanol–water partition coefficient (Wildman–Crippen LogP) is 2.56. The maximum absolute atomic E-state index is 12.3. The van der Waals surface area contributed by atoms with Gasteiger partial charge in [0.2, 0.25) is 5.91 Å². The summed E-state index contributed by atoms with van der Waals surface area (Å²) in [7, 11) is 1.67. The predicted molar refractivity (Wildman–Crippen MR) is 79.5 cm³/mol. The van der Waals surface area contributed by atoms with Crippen LogP contribution in [0.3, 0.4) is 0 Å². The molecule has 2 atom stereocenters. The molecule has 1 aliphatic rings. The van der Waals surface area contributed by atoms with Gasteiger partial charge in [0.05, 0.1) is 13.7 Å². The zero-order valence-electron chi connectivity index (χ0n) is 12.7. The van der Waals surface area contributed by atoms with Crippen LogP contribution in [0, 0.1) is 5.92 Å². The number of carbonyl (C=O) groups excluding carboxylic acids is 1. The van der Waals surface area contributed by atoms with E-state index in [2.05, 4.69) is 26.1 Å². The number of hydrogen-bond acceptors (Lipinski definition) is 3. The molecule has 0 saturated carbocycles. The van der Waals surface area contributed by atoms with Crippen molar-refractivity contribution in [3.05, 3.63) is 29.8 Å². The minimum atomic E-state index is -0.0917. The number of methoxy groups -OCH3 is 1. The molecule has 1 saturated heterocycles. The topological polar surface area (TPSA) is 41.6 Å². The van der Waals surface area contributed by atoms with Crippen molar-refractivity contribution in [2.45, 2.75) is 39.4 Å². The molecule has 4 nitrogen and oxygen atoms in total. The first kappa shape index (κ1) is 14.9. The summed E-state index contributed by atoms with van der Waals surface area (Å²) in [6.07, 6.45) is 0.863. The second-order valence-corrected chi connectivity index (χ2v) is 5.55. The summed E-state index contributed by atoms with van der Waals surface area (Å²) in [6.45, 7) is 6.86. The number of carbonyl (C=O) groups is 1. The van der Waals surface area contributed by atoms with Gasteiger partial charge in [0.15, 0.2) is 0 Å². The number of benzene rings is 1. The van der Waals surface area contributed by atoms with Crippen molar-refractivity contribution in [2.24, 2.45) is 5.92 Å². The quantitative estimate of drug-likeness (QED) is 0.898. The van der Waals surface area contributed by atoms with Crippen LogP contribution >= 0.6 is 0 Å². The third kappa shape index (κ3) is 2.66. The zero-order chi connectivity index (χ0) is 14.7. The summed E-state index contributed by atoms with van der Waals surface area (Å²) in [5.74, 6) is 1.42. The Kier molecular flexibility index (Phi) is 4.65. The minimum absolute atomic E-state index is 0.0917. The van der Waals surface area contributed by atoms with E-state index in [1.807, 2.05) is 29.2 Å². The molecule has 0 aromatic heterocycles. The van der Waals surface area contributed by atoms with Crippen LogP contribution < -0.4 is 10.1 Å². The van der Waals surface area contributed by atoms with E-state index in [0.717, 1.165) is 17.7 Å². The van der Waals surface area contributed by atoms with E-state index < -0.39 is 0 Å². The smallest absolute Gasteiger partial charge is 0.238 e. The van der Waals surface area contributed by atoms with Gasteiger partial charge in [-0.2, -0.15) is 0 Å². The van der Waals surface area contributed by atoms with Crippen molar-refractivity contribution >= 4 is 5.91 Å². The monoisotopic (exact) mass is 276 g/mol. The molecular formula is C16H24N2O2. The van der Waals surface area contributed by atoms with Gasteiger partial charge in [-0.3, -0.25) is 10.1 Å². The largest absolute Gasteiger partial charge is 0.496 e. The van der Waals surface area contributed by atoms with Crippen LogP contribution in [-0.2, 0) is 4.79 Å². The molecule has 4 heteroatoms. The Balaban J connectivity index is 2.37. The number of ether oxygens (including phenoxy) is 1. The molecule has 1 aromatic carbocycles. The number of nitrogens with zero attached hydrogens (tertiary/aromatic N) is 1. The molecule has 2 unspecified atom stereocenters. The standard InChI is InChI=1S/C16H24N2O2/c1-5-13(11(2)3)18-15(19)10-17-16(18)12-8-6-7-9-14(12)20-4/h6-9,11,13,16-17H,5,10H2,1-4H3. The van der Waals surface area contributed by atoms with Crippen molar-refractivity contribution in [1.29, 1.82) is 0 Å². The number of amides is 1. The van der Waals surface area contributed by atoms with E-state index >= 15 is 0 Å². The number of rotatable bonds is 5. The Hall–Kier alpha value is -1.55. The maximum atomic E-state index is 12.3. The molecule has 1 heterocycles. The molecule has 2 rings (SSSR count). The van der Waals surface area contributed by atoms with Gasteiger partial charge in [0, 0.05) is 11.6 Å². The molecule has 0 bridgehead atoms. The molecule has 0 radical (unpaired) electrons.